The summed E-state index contributed by atoms with van der Waals surface area (Å²) in [6.07, 6.45) is 0. The average Bonchev–Trinajstić information content (AvgIpc) is 2.78. The van der Waals surface area contributed by atoms with Crippen LogP contribution in [0.1, 0.15) is 22.8 Å². The van der Waals surface area contributed by atoms with Crippen molar-refractivity contribution >= 4 is 16.7 Å². The van der Waals surface area contributed by atoms with Gasteiger partial charge >= 0.3 is 0 Å². The van der Waals surface area contributed by atoms with Gasteiger partial charge in [0.05, 0.1) is 0 Å². The van der Waals surface area contributed by atoms with Gasteiger partial charge in [-0.1, -0.05) is 36.4 Å². The van der Waals surface area contributed by atoms with Crippen LogP contribution in [0.15, 0.2) is 118 Å². The van der Waals surface area contributed by atoms with Crippen LogP contribution >= 0.6 is 10.9 Å². The Morgan fingerprint density at radius 3 is 1.77 bits per heavy atom. The fourth-order valence-electron chi connectivity index (χ4n) is 3.37. The molecule has 0 bridgehead atoms. The lowest BCUT2D eigenvalue weighted by Crippen LogP contribution is -1.93. The Kier molecular flexibility index (Phi) is 6.01. The smallest absolute Gasteiger partial charge is 0.159 e. The molecule has 0 fully saturated rings. The number of benzene rings is 4. The molecule has 150 valence electrons. The van der Waals surface area contributed by atoms with Crippen molar-refractivity contribution in [2.75, 3.05) is 0 Å². The molecule has 4 rings (SSSR count). The molecule has 4 aromatic rings. The Labute approximate surface area is 180 Å². The van der Waals surface area contributed by atoms with Gasteiger partial charge in [0, 0.05) is 5.56 Å². The number of carbonyl (C=O) groups is 1. The van der Waals surface area contributed by atoms with Gasteiger partial charge in [-0.05, 0) is 101 Å². The van der Waals surface area contributed by atoms with Gasteiger partial charge in [-0.3, -0.25) is 4.79 Å². The van der Waals surface area contributed by atoms with E-state index < -0.39 is 10.9 Å². The number of hydrogen-bond donors (Lipinski definition) is 1. The first kappa shape index (κ1) is 20.0. The second-order valence-electron chi connectivity index (χ2n) is 7.14. The predicted octanol–water partition coefficient (Wildman–Crippen LogP) is 7.47. The number of hydrogen-bond acceptors (Lipinski definition) is 2. The molecule has 0 aliphatic carbocycles. The number of Topliss-reactive ketones (excluding diaryl/α,β-unsaturated/α-hetero) is 1. The van der Waals surface area contributed by atoms with Crippen LogP contribution < -0.4 is 4.74 Å². The fourth-order valence-corrected chi connectivity index (χ4v) is 5.75. The first-order valence-corrected chi connectivity index (χ1v) is 11.3. The first-order chi connectivity index (χ1) is 14.6. The summed E-state index contributed by atoms with van der Waals surface area (Å²) in [6.45, 7) is 3.64. The SMILES string of the molecule is CC(=O)c1ccc(Oc2ccc([SH](c3ccccc3)c3ccccc3)cc2C)cc1. The lowest BCUT2D eigenvalue weighted by Gasteiger charge is -2.24. The summed E-state index contributed by atoms with van der Waals surface area (Å²) in [7, 11) is -0.639. The number of ether oxygens (including phenoxy) is 1. The zero-order chi connectivity index (χ0) is 20.9. The molecule has 0 radical (unpaired) electrons. The predicted molar refractivity (Wildman–Crippen MR) is 124 cm³/mol. The highest BCUT2D eigenvalue weighted by Crippen LogP contribution is 2.51. The summed E-state index contributed by atoms with van der Waals surface area (Å²) in [5, 5.41) is 0. The van der Waals surface area contributed by atoms with E-state index >= 15 is 0 Å². The molecule has 0 saturated carbocycles. The molecular weight excluding hydrogens is 388 g/mol. The van der Waals surface area contributed by atoms with Crippen molar-refractivity contribution < 1.29 is 9.53 Å². The van der Waals surface area contributed by atoms with Crippen LogP contribution in [0.3, 0.4) is 0 Å². The van der Waals surface area contributed by atoms with Gasteiger partial charge in [0.1, 0.15) is 11.5 Å². The minimum absolute atomic E-state index is 0.0530. The lowest BCUT2D eigenvalue weighted by molar-refractivity contribution is 0.101. The van der Waals surface area contributed by atoms with Crippen molar-refractivity contribution in [2.24, 2.45) is 0 Å². The molecular formula is C27H24O2S. The molecule has 2 nitrogen and oxygen atoms in total. The molecule has 30 heavy (non-hydrogen) atoms. The molecule has 4 aromatic carbocycles. The zero-order valence-electron chi connectivity index (χ0n) is 17.1. The van der Waals surface area contributed by atoms with Gasteiger partial charge in [-0.15, -0.1) is 0 Å². The van der Waals surface area contributed by atoms with Crippen LogP contribution in [-0.2, 0) is 0 Å². The monoisotopic (exact) mass is 412 g/mol. The van der Waals surface area contributed by atoms with Crippen LogP contribution in [0.5, 0.6) is 11.5 Å². The average molecular weight is 413 g/mol. The van der Waals surface area contributed by atoms with Crippen molar-refractivity contribution in [3.8, 4) is 11.5 Å². The first-order valence-electron chi connectivity index (χ1n) is 9.91. The molecule has 0 aliphatic heterocycles. The summed E-state index contributed by atoms with van der Waals surface area (Å²) >= 11 is 0. The third-order valence-electron chi connectivity index (χ3n) is 4.93. The van der Waals surface area contributed by atoms with Crippen LogP contribution in [0, 0.1) is 6.92 Å². The molecule has 0 saturated heterocycles. The Bertz CT molecular complexity index is 1100. The normalized spacial score (nSPS) is 11.1. The summed E-state index contributed by atoms with van der Waals surface area (Å²) in [5.41, 5.74) is 1.77. The van der Waals surface area contributed by atoms with Gasteiger partial charge in [0.15, 0.2) is 5.78 Å². The van der Waals surface area contributed by atoms with E-state index in [-0.39, 0.29) is 5.78 Å². The van der Waals surface area contributed by atoms with Crippen molar-refractivity contribution in [3.63, 3.8) is 0 Å². The summed E-state index contributed by atoms with van der Waals surface area (Å²) < 4.78 is 6.09. The maximum atomic E-state index is 11.5. The number of ketones is 1. The van der Waals surface area contributed by atoms with Crippen LogP contribution in [0.2, 0.25) is 0 Å². The Morgan fingerprint density at radius 1 is 0.700 bits per heavy atom. The van der Waals surface area contributed by atoms with E-state index in [4.69, 9.17) is 4.74 Å². The van der Waals surface area contributed by atoms with Crippen LogP contribution in [0.4, 0.5) is 0 Å². The number of carbonyl (C=O) groups excluding carboxylic acids is 1. The van der Waals surface area contributed by atoms with E-state index in [9.17, 15) is 4.79 Å². The van der Waals surface area contributed by atoms with Crippen LogP contribution in [0.25, 0.3) is 0 Å². The van der Waals surface area contributed by atoms with Crippen molar-refractivity contribution in [1.29, 1.82) is 0 Å². The van der Waals surface area contributed by atoms with Gasteiger partial charge < -0.3 is 4.74 Å². The maximum absolute atomic E-state index is 11.5. The second-order valence-corrected chi connectivity index (χ2v) is 9.36. The van der Waals surface area contributed by atoms with E-state index in [0.717, 1.165) is 17.1 Å². The van der Waals surface area contributed by atoms with Gasteiger partial charge in [0.25, 0.3) is 0 Å². The molecule has 0 spiro atoms. The van der Waals surface area contributed by atoms with E-state index in [1.54, 1.807) is 19.1 Å². The minimum atomic E-state index is -0.639. The highest BCUT2D eigenvalue weighted by Gasteiger charge is 2.14. The Balaban J connectivity index is 1.65. The van der Waals surface area contributed by atoms with Crippen molar-refractivity contribution in [2.45, 2.75) is 28.5 Å². The molecule has 3 heteroatoms. The standard InChI is InChI=1S/C27H24O2S/c1-20-19-26(17-18-27(20)29-23-15-13-22(14-16-23)21(2)28)30(24-9-5-3-6-10-24)25-11-7-4-8-12-25/h3-19,30H,1-2H3. The largest absolute Gasteiger partial charge is 0.457 e. The second kappa shape index (κ2) is 9.02. The zero-order valence-corrected chi connectivity index (χ0v) is 18.0. The molecule has 0 heterocycles. The van der Waals surface area contributed by atoms with E-state index in [0.29, 0.717) is 5.56 Å². The summed E-state index contributed by atoms with van der Waals surface area (Å²) in [6, 6.07) is 35.0. The van der Waals surface area contributed by atoms with Gasteiger partial charge in [-0.2, -0.15) is 10.9 Å². The third-order valence-corrected chi connectivity index (χ3v) is 7.36. The molecule has 0 aliphatic rings. The van der Waals surface area contributed by atoms with Gasteiger partial charge in [-0.25, -0.2) is 0 Å². The highest BCUT2D eigenvalue weighted by atomic mass is 32.2. The summed E-state index contributed by atoms with van der Waals surface area (Å²) in [4.78, 5) is 15.4. The van der Waals surface area contributed by atoms with Gasteiger partial charge in [0.2, 0.25) is 0 Å². The number of aryl methyl sites for hydroxylation is 1. The van der Waals surface area contributed by atoms with E-state index in [1.807, 2.05) is 18.2 Å². The topological polar surface area (TPSA) is 26.3 Å². The Morgan fingerprint density at radius 2 is 1.27 bits per heavy atom. The quantitative estimate of drug-likeness (QED) is 0.263. The fraction of sp³-hybridized carbons (Fsp3) is 0.0741. The Hall–Kier alpha value is -3.30. The third kappa shape index (κ3) is 4.47. The number of rotatable bonds is 6. The molecule has 0 aromatic heterocycles. The lowest BCUT2D eigenvalue weighted by atomic mass is 10.1. The molecule has 0 atom stereocenters. The molecule has 0 N–H and O–H groups in total. The van der Waals surface area contributed by atoms with Crippen molar-refractivity contribution in [1.82, 2.24) is 0 Å². The van der Waals surface area contributed by atoms with Crippen LogP contribution in [-0.4, -0.2) is 5.78 Å². The molecule has 0 unspecified atom stereocenters. The van der Waals surface area contributed by atoms with E-state index in [1.165, 1.54) is 14.7 Å². The maximum Gasteiger partial charge on any atom is 0.159 e. The van der Waals surface area contributed by atoms with Crippen molar-refractivity contribution in [3.05, 3.63) is 114 Å². The highest BCUT2D eigenvalue weighted by molar-refractivity contribution is 8.17. The summed E-state index contributed by atoms with van der Waals surface area (Å²) in [5.74, 6) is 1.60. The molecule has 0 amide bonds. The number of thiol groups is 1. The van der Waals surface area contributed by atoms with E-state index in [2.05, 4.69) is 79.7 Å². The minimum Gasteiger partial charge on any atom is -0.457 e.